The number of thiocarbonyl (C=S) groups is 1. The van der Waals surface area contributed by atoms with Gasteiger partial charge in [0.1, 0.15) is 10.7 Å². The van der Waals surface area contributed by atoms with E-state index in [1.807, 2.05) is 30.3 Å². The molecule has 1 aromatic heterocycles. The minimum Gasteiger partial charge on any atom is -0.463 e. The standard InChI is InChI=1S/C12H10N2OS/c13-12(16)10-5-1-2-6-11(10)14-8-9-4-3-7-15-9/h1-8H,(H2,13,16). The number of rotatable bonds is 3. The van der Waals surface area contributed by atoms with Crippen LogP contribution in [0.4, 0.5) is 5.69 Å². The molecule has 2 aromatic rings. The molecule has 4 heteroatoms. The van der Waals surface area contributed by atoms with Crippen molar-refractivity contribution >= 4 is 29.1 Å². The van der Waals surface area contributed by atoms with Crippen molar-refractivity contribution in [1.29, 1.82) is 0 Å². The lowest BCUT2D eigenvalue weighted by molar-refractivity contribution is 0.560. The Kier molecular flexibility index (Phi) is 3.12. The molecular formula is C12H10N2OS. The van der Waals surface area contributed by atoms with E-state index in [0.29, 0.717) is 10.7 Å². The molecule has 3 nitrogen and oxygen atoms in total. The Labute approximate surface area is 98.6 Å². The van der Waals surface area contributed by atoms with Crippen LogP contribution in [0.3, 0.4) is 0 Å². The van der Waals surface area contributed by atoms with Gasteiger partial charge in [-0.05, 0) is 24.3 Å². The summed E-state index contributed by atoms with van der Waals surface area (Å²) in [7, 11) is 0. The lowest BCUT2D eigenvalue weighted by Gasteiger charge is -2.01. The van der Waals surface area contributed by atoms with Crippen LogP contribution in [0.15, 0.2) is 52.1 Å². The Hall–Kier alpha value is -1.94. The average molecular weight is 230 g/mol. The van der Waals surface area contributed by atoms with Crippen molar-refractivity contribution in [3.8, 4) is 0 Å². The third kappa shape index (κ3) is 2.35. The molecule has 1 heterocycles. The third-order valence-corrected chi connectivity index (χ3v) is 2.26. The van der Waals surface area contributed by atoms with Crippen molar-refractivity contribution in [3.63, 3.8) is 0 Å². The van der Waals surface area contributed by atoms with E-state index in [1.54, 1.807) is 18.5 Å². The van der Waals surface area contributed by atoms with E-state index in [9.17, 15) is 0 Å². The van der Waals surface area contributed by atoms with E-state index in [0.717, 1.165) is 11.3 Å². The van der Waals surface area contributed by atoms with Crippen LogP contribution < -0.4 is 5.73 Å². The highest BCUT2D eigenvalue weighted by molar-refractivity contribution is 7.80. The fraction of sp³-hybridized carbons (Fsp3) is 0. The van der Waals surface area contributed by atoms with Gasteiger partial charge in [-0.3, -0.25) is 4.99 Å². The highest BCUT2D eigenvalue weighted by Crippen LogP contribution is 2.18. The molecule has 1 aromatic carbocycles. The molecule has 0 aliphatic heterocycles. The fourth-order valence-corrected chi connectivity index (χ4v) is 1.47. The molecule has 0 unspecified atom stereocenters. The van der Waals surface area contributed by atoms with Crippen LogP contribution in [0.1, 0.15) is 11.3 Å². The highest BCUT2D eigenvalue weighted by atomic mass is 32.1. The van der Waals surface area contributed by atoms with Crippen molar-refractivity contribution in [2.24, 2.45) is 10.7 Å². The zero-order chi connectivity index (χ0) is 11.4. The number of hydrogen-bond donors (Lipinski definition) is 1. The molecule has 0 amide bonds. The minimum absolute atomic E-state index is 0.340. The topological polar surface area (TPSA) is 51.5 Å². The second kappa shape index (κ2) is 4.72. The highest BCUT2D eigenvalue weighted by Gasteiger charge is 2.01. The second-order valence-electron chi connectivity index (χ2n) is 3.16. The van der Waals surface area contributed by atoms with Crippen LogP contribution >= 0.6 is 12.2 Å². The van der Waals surface area contributed by atoms with Gasteiger partial charge in [-0.15, -0.1) is 0 Å². The lowest BCUT2D eigenvalue weighted by atomic mass is 10.2. The van der Waals surface area contributed by atoms with Gasteiger partial charge >= 0.3 is 0 Å². The summed E-state index contributed by atoms with van der Waals surface area (Å²) in [5.41, 5.74) is 7.10. The van der Waals surface area contributed by atoms with Gasteiger partial charge in [0.25, 0.3) is 0 Å². The molecule has 80 valence electrons. The largest absolute Gasteiger partial charge is 0.463 e. The number of para-hydroxylation sites is 1. The molecule has 0 saturated heterocycles. The number of nitrogens with zero attached hydrogens (tertiary/aromatic N) is 1. The first-order valence-electron chi connectivity index (χ1n) is 4.74. The monoisotopic (exact) mass is 230 g/mol. The van der Waals surface area contributed by atoms with Crippen LogP contribution in [0, 0.1) is 0 Å². The van der Waals surface area contributed by atoms with Gasteiger partial charge in [-0.2, -0.15) is 0 Å². The van der Waals surface area contributed by atoms with Crippen LogP contribution in [0.25, 0.3) is 0 Å². The number of hydrogen-bond acceptors (Lipinski definition) is 3. The molecule has 0 atom stereocenters. The van der Waals surface area contributed by atoms with Gasteiger partial charge in [0.05, 0.1) is 18.2 Å². The number of furan rings is 1. The first kappa shape index (κ1) is 10.6. The lowest BCUT2D eigenvalue weighted by Crippen LogP contribution is -2.09. The van der Waals surface area contributed by atoms with Gasteiger partial charge < -0.3 is 10.2 Å². The molecule has 0 aliphatic rings. The third-order valence-electron chi connectivity index (χ3n) is 2.04. The Bertz CT molecular complexity index is 518. The summed E-state index contributed by atoms with van der Waals surface area (Å²) in [4.78, 5) is 4.62. The summed E-state index contributed by atoms with van der Waals surface area (Å²) in [6, 6.07) is 11.1. The molecule has 0 saturated carbocycles. The molecule has 0 radical (unpaired) electrons. The van der Waals surface area contributed by atoms with Gasteiger partial charge in [0, 0.05) is 5.56 Å². The first-order valence-corrected chi connectivity index (χ1v) is 5.14. The Morgan fingerprint density at radius 1 is 1.25 bits per heavy atom. The number of nitrogens with two attached hydrogens (primary N) is 1. The summed E-state index contributed by atoms with van der Waals surface area (Å²) >= 11 is 4.94. The van der Waals surface area contributed by atoms with E-state index in [4.69, 9.17) is 22.4 Å². The van der Waals surface area contributed by atoms with Gasteiger partial charge in [0.15, 0.2) is 0 Å². The van der Waals surface area contributed by atoms with E-state index in [1.165, 1.54) is 0 Å². The quantitative estimate of drug-likeness (QED) is 0.651. The maximum absolute atomic E-state index is 5.60. The van der Waals surface area contributed by atoms with Crippen LogP contribution in [-0.2, 0) is 0 Å². The SMILES string of the molecule is NC(=S)c1ccccc1N=Cc1ccco1. The number of benzene rings is 1. The molecule has 0 spiro atoms. The van der Waals surface area contributed by atoms with Crippen LogP contribution in [0.5, 0.6) is 0 Å². The first-order chi connectivity index (χ1) is 7.77. The summed E-state index contributed by atoms with van der Waals surface area (Å²) in [5.74, 6) is 0.692. The van der Waals surface area contributed by atoms with Gasteiger partial charge in [0.2, 0.25) is 0 Å². The Morgan fingerprint density at radius 2 is 2.06 bits per heavy atom. The summed E-state index contributed by atoms with van der Waals surface area (Å²) in [6.45, 7) is 0. The zero-order valence-electron chi connectivity index (χ0n) is 8.46. The molecule has 2 N–H and O–H groups in total. The predicted octanol–water partition coefficient (Wildman–Crippen LogP) is 2.66. The van der Waals surface area contributed by atoms with Crippen molar-refractivity contribution in [2.45, 2.75) is 0 Å². The number of aliphatic imine (C=N–C) groups is 1. The maximum Gasteiger partial charge on any atom is 0.144 e. The molecule has 2 rings (SSSR count). The van der Waals surface area contributed by atoms with Crippen LogP contribution in [-0.4, -0.2) is 11.2 Å². The molecule has 0 aliphatic carbocycles. The zero-order valence-corrected chi connectivity index (χ0v) is 9.28. The Morgan fingerprint density at radius 3 is 2.75 bits per heavy atom. The summed E-state index contributed by atoms with van der Waals surface area (Å²) < 4.78 is 5.14. The van der Waals surface area contributed by atoms with E-state index < -0.39 is 0 Å². The fourth-order valence-electron chi connectivity index (χ4n) is 1.29. The van der Waals surface area contributed by atoms with E-state index >= 15 is 0 Å². The maximum atomic E-state index is 5.60. The van der Waals surface area contributed by atoms with Crippen molar-refractivity contribution in [1.82, 2.24) is 0 Å². The average Bonchev–Trinajstić information content (AvgIpc) is 2.79. The predicted molar refractivity (Wildman–Crippen MR) is 68.3 cm³/mol. The normalized spacial score (nSPS) is 10.8. The van der Waals surface area contributed by atoms with Gasteiger partial charge in [-0.25, -0.2) is 0 Å². The minimum atomic E-state index is 0.340. The summed E-state index contributed by atoms with van der Waals surface area (Å²) in [6.07, 6.45) is 3.23. The van der Waals surface area contributed by atoms with E-state index in [2.05, 4.69) is 4.99 Å². The Balaban J connectivity index is 2.31. The van der Waals surface area contributed by atoms with Crippen molar-refractivity contribution in [2.75, 3.05) is 0 Å². The molecule has 0 fully saturated rings. The van der Waals surface area contributed by atoms with Crippen molar-refractivity contribution in [3.05, 3.63) is 54.0 Å². The van der Waals surface area contributed by atoms with E-state index in [-0.39, 0.29) is 0 Å². The summed E-state index contributed by atoms with van der Waals surface area (Å²) in [5, 5.41) is 0. The van der Waals surface area contributed by atoms with Crippen LogP contribution in [0.2, 0.25) is 0 Å². The molecule has 16 heavy (non-hydrogen) atoms. The molecule has 0 bridgehead atoms. The van der Waals surface area contributed by atoms with Gasteiger partial charge in [-0.1, -0.05) is 24.4 Å². The van der Waals surface area contributed by atoms with Crippen molar-refractivity contribution < 1.29 is 4.42 Å². The smallest absolute Gasteiger partial charge is 0.144 e. The molecular weight excluding hydrogens is 220 g/mol. The second-order valence-corrected chi connectivity index (χ2v) is 3.59.